The fraction of sp³-hybridized carbons (Fsp3) is 0.571. The summed E-state index contributed by atoms with van der Waals surface area (Å²) in [6, 6.07) is 0.426. The summed E-state index contributed by atoms with van der Waals surface area (Å²) in [6.45, 7) is 1.67. The molecule has 54 valence electrons. The van der Waals surface area contributed by atoms with Gasteiger partial charge in [0.1, 0.15) is 0 Å². The van der Waals surface area contributed by atoms with E-state index in [0.29, 0.717) is 6.04 Å². The molecule has 1 unspecified atom stereocenters. The predicted octanol–water partition coefficient (Wildman–Crippen LogP) is 0.340. The van der Waals surface area contributed by atoms with Crippen LogP contribution in [0.25, 0.3) is 0 Å². The van der Waals surface area contributed by atoms with Gasteiger partial charge >= 0.3 is 6.03 Å². The minimum absolute atomic E-state index is 0.0920. The second-order valence-corrected chi connectivity index (χ2v) is 2.66. The Morgan fingerprint density at radius 1 is 1.70 bits per heavy atom. The van der Waals surface area contributed by atoms with Gasteiger partial charge in [-0.25, -0.2) is 4.79 Å². The molecule has 0 bridgehead atoms. The van der Waals surface area contributed by atoms with E-state index in [2.05, 4.69) is 17.5 Å². The summed E-state index contributed by atoms with van der Waals surface area (Å²) in [6.07, 6.45) is 5.24. The number of nitrogens with one attached hydrogen (secondary N) is 1. The molecule has 0 aromatic carbocycles. The molecule has 2 amide bonds. The van der Waals surface area contributed by atoms with E-state index in [9.17, 15) is 4.79 Å². The van der Waals surface area contributed by atoms with Gasteiger partial charge in [-0.3, -0.25) is 0 Å². The third kappa shape index (κ3) is 0.701. The molecule has 0 aromatic rings. The zero-order valence-corrected chi connectivity index (χ0v) is 5.71. The van der Waals surface area contributed by atoms with Crippen molar-refractivity contribution in [1.82, 2.24) is 10.2 Å². The van der Waals surface area contributed by atoms with Crippen molar-refractivity contribution in [2.24, 2.45) is 0 Å². The fourth-order valence-corrected chi connectivity index (χ4v) is 1.46. The first-order valence-corrected chi connectivity index (χ1v) is 3.59. The number of hydrogen-bond acceptors (Lipinski definition) is 1. The van der Waals surface area contributed by atoms with Crippen LogP contribution < -0.4 is 5.32 Å². The average Bonchev–Trinajstić information content (AvgIpc) is 2.34. The van der Waals surface area contributed by atoms with Gasteiger partial charge in [-0.15, -0.1) is 0 Å². The van der Waals surface area contributed by atoms with E-state index in [1.165, 1.54) is 0 Å². The molecule has 0 saturated carbocycles. The maximum absolute atomic E-state index is 11.0. The SMILES string of the molecule is O=C1NCC2C=CCCN12. The third-order valence-electron chi connectivity index (χ3n) is 2.02. The van der Waals surface area contributed by atoms with Gasteiger partial charge in [0.25, 0.3) is 0 Å². The lowest BCUT2D eigenvalue weighted by molar-refractivity contribution is 0.209. The summed E-state index contributed by atoms with van der Waals surface area (Å²) in [4.78, 5) is 12.9. The van der Waals surface area contributed by atoms with Crippen molar-refractivity contribution in [2.75, 3.05) is 13.1 Å². The number of urea groups is 1. The second-order valence-electron chi connectivity index (χ2n) is 2.66. The lowest BCUT2D eigenvalue weighted by Crippen LogP contribution is -2.35. The van der Waals surface area contributed by atoms with Crippen molar-refractivity contribution < 1.29 is 4.79 Å². The van der Waals surface area contributed by atoms with E-state index >= 15 is 0 Å². The molecule has 1 fully saturated rings. The quantitative estimate of drug-likeness (QED) is 0.481. The van der Waals surface area contributed by atoms with Crippen LogP contribution in [0, 0.1) is 0 Å². The van der Waals surface area contributed by atoms with E-state index < -0.39 is 0 Å². The number of nitrogens with zero attached hydrogens (tertiary/aromatic N) is 1. The maximum Gasteiger partial charge on any atom is 0.318 e. The largest absolute Gasteiger partial charge is 0.336 e. The molecular formula is C7H10N2O. The monoisotopic (exact) mass is 138 g/mol. The standard InChI is InChI=1S/C7H10N2O/c10-7-8-5-6-3-1-2-4-9(6)7/h1,3,6H,2,4-5H2,(H,8,10). The van der Waals surface area contributed by atoms with Gasteiger partial charge in [0, 0.05) is 13.1 Å². The molecule has 1 atom stereocenters. The summed E-state index contributed by atoms with van der Waals surface area (Å²) in [7, 11) is 0. The molecular weight excluding hydrogens is 128 g/mol. The van der Waals surface area contributed by atoms with Gasteiger partial charge in [-0.2, -0.15) is 0 Å². The van der Waals surface area contributed by atoms with Gasteiger partial charge < -0.3 is 10.2 Å². The Kier molecular flexibility index (Phi) is 1.16. The Bertz CT molecular complexity index is 188. The zero-order chi connectivity index (χ0) is 6.97. The van der Waals surface area contributed by atoms with Crippen LogP contribution in [0.5, 0.6) is 0 Å². The minimum Gasteiger partial charge on any atom is -0.336 e. The second kappa shape index (κ2) is 2.01. The summed E-state index contributed by atoms with van der Waals surface area (Å²) < 4.78 is 0. The van der Waals surface area contributed by atoms with Crippen LogP contribution in [0.1, 0.15) is 6.42 Å². The molecule has 0 aromatic heterocycles. The number of amides is 2. The van der Waals surface area contributed by atoms with Crippen molar-refractivity contribution in [3.05, 3.63) is 12.2 Å². The van der Waals surface area contributed by atoms with E-state index in [0.717, 1.165) is 19.5 Å². The highest BCUT2D eigenvalue weighted by atomic mass is 16.2. The molecule has 3 heteroatoms. The first kappa shape index (κ1) is 5.77. The maximum atomic E-state index is 11.0. The highest BCUT2D eigenvalue weighted by Crippen LogP contribution is 2.13. The average molecular weight is 138 g/mol. The summed E-state index contributed by atoms with van der Waals surface area (Å²) in [5.74, 6) is 0. The van der Waals surface area contributed by atoms with E-state index in [1.54, 1.807) is 0 Å². The third-order valence-corrected chi connectivity index (χ3v) is 2.02. The van der Waals surface area contributed by atoms with Crippen molar-refractivity contribution >= 4 is 6.03 Å². The van der Waals surface area contributed by atoms with Crippen LogP contribution in [-0.2, 0) is 0 Å². The topological polar surface area (TPSA) is 32.3 Å². The molecule has 10 heavy (non-hydrogen) atoms. The molecule has 0 radical (unpaired) electrons. The fourth-order valence-electron chi connectivity index (χ4n) is 1.46. The summed E-state index contributed by atoms with van der Waals surface area (Å²) in [5, 5.41) is 2.80. The van der Waals surface area contributed by atoms with Gasteiger partial charge in [0.15, 0.2) is 0 Å². The Balaban J connectivity index is 2.19. The van der Waals surface area contributed by atoms with Crippen molar-refractivity contribution in [3.63, 3.8) is 0 Å². The Morgan fingerprint density at radius 3 is 3.40 bits per heavy atom. The highest BCUT2D eigenvalue weighted by molar-refractivity contribution is 5.77. The number of hydrogen-bond donors (Lipinski definition) is 1. The lowest BCUT2D eigenvalue weighted by atomic mass is 10.1. The minimum atomic E-state index is 0.0920. The van der Waals surface area contributed by atoms with Gasteiger partial charge in [0.2, 0.25) is 0 Å². The van der Waals surface area contributed by atoms with E-state index in [4.69, 9.17) is 0 Å². The number of fused-ring (bicyclic) bond motifs is 1. The van der Waals surface area contributed by atoms with Crippen LogP contribution in [0.2, 0.25) is 0 Å². The molecule has 0 aliphatic carbocycles. The molecule has 2 aliphatic rings. The Labute approximate surface area is 59.7 Å². The van der Waals surface area contributed by atoms with Gasteiger partial charge in [0.05, 0.1) is 6.04 Å². The molecule has 3 nitrogen and oxygen atoms in total. The first-order valence-electron chi connectivity index (χ1n) is 3.59. The number of carbonyl (C=O) groups excluding carboxylic acids is 1. The van der Waals surface area contributed by atoms with E-state index in [1.807, 2.05) is 4.90 Å². The molecule has 2 aliphatic heterocycles. The molecule has 1 N–H and O–H groups in total. The van der Waals surface area contributed by atoms with Crippen molar-refractivity contribution in [1.29, 1.82) is 0 Å². The summed E-state index contributed by atoms with van der Waals surface area (Å²) in [5.41, 5.74) is 0. The zero-order valence-electron chi connectivity index (χ0n) is 5.71. The van der Waals surface area contributed by atoms with Gasteiger partial charge in [-0.05, 0) is 6.42 Å². The summed E-state index contributed by atoms with van der Waals surface area (Å²) >= 11 is 0. The number of carbonyl (C=O) groups is 1. The van der Waals surface area contributed by atoms with Crippen molar-refractivity contribution in [2.45, 2.75) is 12.5 Å². The molecule has 2 heterocycles. The van der Waals surface area contributed by atoms with Crippen LogP contribution in [-0.4, -0.2) is 30.1 Å². The van der Waals surface area contributed by atoms with Crippen molar-refractivity contribution in [3.8, 4) is 0 Å². The lowest BCUT2D eigenvalue weighted by Gasteiger charge is -2.22. The predicted molar refractivity (Wildman–Crippen MR) is 37.6 cm³/mol. The first-order chi connectivity index (χ1) is 4.88. The van der Waals surface area contributed by atoms with Crippen LogP contribution in [0.4, 0.5) is 4.79 Å². The molecule has 2 rings (SSSR count). The van der Waals surface area contributed by atoms with E-state index in [-0.39, 0.29) is 6.03 Å². The normalized spacial score (nSPS) is 30.2. The molecule has 0 spiro atoms. The van der Waals surface area contributed by atoms with Crippen LogP contribution in [0.15, 0.2) is 12.2 Å². The number of rotatable bonds is 0. The Morgan fingerprint density at radius 2 is 2.60 bits per heavy atom. The van der Waals surface area contributed by atoms with Crippen LogP contribution in [0.3, 0.4) is 0 Å². The molecule has 1 saturated heterocycles. The van der Waals surface area contributed by atoms with Gasteiger partial charge in [-0.1, -0.05) is 12.2 Å². The van der Waals surface area contributed by atoms with Crippen LogP contribution >= 0.6 is 0 Å². The Hall–Kier alpha value is -0.990. The smallest absolute Gasteiger partial charge is 0.318 e. The highest BCUT2D eigenvalue weighted by Gasteiger charge is 2.29.